The van der Waals surface area contributed by atoms with Crippen LogP contribution in [0.1, 0.15) is 105 Å². The van der Waals surface area contributed by atoms with E-state index in [2.05, 4.69) is 0 Å². The van der Waals surface area contributed by atoms with Crippen molar-refractivity contribution in [1.29, 1.82) is 0 Å². The Morgan fingerprint density at radius 1 is 0.778 bits per heavy atom. The number of carbonyl (C=O) groups is 5. The van der Waals surface area contributed by atoms with Crippen LogP contribution in [-0.4, -0.2) is 45.5 Å². The molecule has 0 aromatic rings. The summed E-state index contributed by atoms with van der Waals surface area (Å²) in [6.45, 7) is 3.62. The molecule has 0 heterocycles. The standard InChI is InChI=1S/C14H20O3.C7H13NO2.C6H8O2.CH4/c1-9-12(6-7-13(9)15)8-10-2-4-11(5-3-10)14(16)17;8-6-3-1-5(2-4-6)7(9)10;1-4-5(7)2-3-6(4)8;/h10-11H,2-8H2,1H3,(H,16,17);5-6H,1-4,8H2,(H,9,10);4H,2-3H2,1H3;1H4. The lowest BCUT2D eigenvalue weighted by Gasteiger charge is -2.26. The zero-order chi connectivity index (χ0) is 26.1. The van der Waals surface area contributed by atoms with Crippen molar-refractivity contribution in [3.8, 4) is 0 Å². The van der Waals surface area contributed by atoms with Crippen LogP contribution in [0.2, 0.25) is 0 Å². The van der Waals surface area contributed by atoms with Gasteiger partial charge in [-0.25, -0.2) is 0 Å². The molecule has 4 aliphatic rings. The zero-order valence-corrected chi connectivity index (χ0v) is 21.1. The van der Waals surface area contributed by atoms with Gasteiger partial charge in [-0.15, -0.1) is 0 Å². The van der Waals surface area contributed by atoms with Crippen molar-refractivity contribution < 1.29 is 34.2 Å². The molecule has 0 radical (unpaired) electrons. The molecule has 0 bridgehead atoms. The molecule has 0 amide bonds. The third-order valence-electron chi connectivity index (χ3n) is 8.04. The number of carbonyl (C=O) groups excluding carboxylic acids is 3. The Morgan fingerprint density at radius 2 is 1.22 bits per heavy atom. The quantitative estimate of drug-likeness (QED) is 0.462. The van der Waals surface area contributed by atoms with Crippen LogP contribution < -0.4 is 5.73 Å². The summed E-state index contributed by atoms with van der Waals surface area (Å²) in [6, 6.07) is 0.246. The highest BCUT2D eigenvalue weighted by Crippen LogP contribution is 2.36. The van der Waals surface area contributed by atoms with Gasteiger partial charge in [-0.1, -0.05) is 13.0 Å². The van der Waals surface area contributed by atoms with E-state index in [1.54, 1.807) is 6.92 Å². The van der Waals surface area contributed by atoms with Gasteiger partial charge in [0, 0.05) is 25.3 Å². The average molecular weight is 508 g/mol. The Kier molecular flexibility index (Phi) is 13.2. The topological polar surface area (TPSA) is 152 Å². The first-order chi connectivity index (χ1) is 16.5. The first kappa shape index (κ1) is 31.7. The van der Waals surface area contributed by atoms with Crippen molar-refractivity contribution in [3.63, 3.8) is 0 Å². The summed E-state index contributed by atoms with van der Waals surface area (Å²) in [7, 11) is 0. The molecule has 8 nitrogen and oxygen atoms in total. The Hall–Kier alpha value is -2.35. The van der Waals surface area contributed by atoms with Gasteiger partial charge < -0.3 is 15.9 Å². The number of rotatable bonds is 4. The fourth-order valence-electron chi connectivity index (χ4n) is 5.28. The Labute approximate surface area is 215 Å². The van der Waals surface area contributed by atoms with E-state index in [-0.39, 0.29) is 42.8 Å². The highest BCUT2D eigenvalue weighted by atomic mass is 16.4. The highest BCUT2D eigenvalue weighted by Gasteiger charge is 2.29. The van der Waals surface area contributed by atoms with Crippen LogP contribution in [0, 0.1) is 23.7 Å². The summed E-state index contributed by atoms with van der Waals surface area (Å²) in [5, 5.41) is 17.5. The molecular weight excluding hydrogens is 462 g/mol. The van der Waals surface area contributed by atoms with Crippen LogP contribution in [0.15, 0.2) is 11.1 Å². The monoisotopic (exact) mass is 507 g/mol. The average Bonchev–Trinajstić information content (AvgIpc) is 3.30. The molecule has 8 heteroatoms. The van der Waals surface area contributed by atoms with Crippen LogP contribution in [0.25, 0.3) is 0 Å². The third-order valence-corrected chi connectivity index (χ3v) is 8.04. The van der Waals surface area contributed by atoms with Crippen molar-refractivity contribution in [3.05, 3.63) is 11.1 Å². The summed E-state index contributed by atoms with van der Waals surface area (Å²) in [5.74, 6) is -0.742. The molecule has 0 saturated heterocycles. The number of Topliss-reactive ketones (excluding diaryl/α,β-unsaturated/α-hetero) is 3. The van der Waals surface area contributed by atoms with Gasteiger partial charge in [0.15, 0.2) is 5.78 Å². The lowest BCUT2D eigenvalue weighted by molar-refractivity contribution is -0.143. The van der Waals surface area contributed by atoms with Crippen LogP contribution in [0.4, 0.5) is 0 Å². The molecule has 36 heavy (non-hydrogen) atoms. The van der Waals surface area contributed by atoms with Gasteiger partial charge in [0.25, 0.3) is 0 Å². The predicted molar refractivity (Wildman–Crippen MR) is 137 cm³/mol. The van der Waals surface area contributed by atoms with Gasteiger partial charge in [-0.2, -0.15) is 0 Å². The van der Waals surface area contributed by atoms with E-state index < -0.39 is 11.9 Å². The summed E-state index contributed by atoms with van der Waals surface area (Å²) >= 11 is 0. The zero-order valence-electron chi connectivity index (χ0n) is 21.1. The Bertz CT molecular complexity index is 815. The minimum absolute atomic E-state index is 0. The summed E-state index contributed by atoms with van der Waals surface area (Å²) < 4.78 is 0. The fourth-order valence-corrected chi connectivity index (χ4v) is 5.28. The van der Waals surface area contributed by atoms with Gasteiger partial charge in [0.1, 0.15) is 11.6 Å². The molecule has 0 aromatic carbocycles. The van der Waals surface area contributed by atoms with Gasteiger partial charge in [0.2, 0.25) is 0 Å². The normalized spacial score (nSPS) is 28.5. The first-order valence-electron chi connectivity index (χ1n) is 13.0. The number of hydrogen-bond donors (Lipinski definition) is 3. The summed E-state index contributed by atoms with van der Waals surface area (Å²) in [6.07, 6.45) is 10.5. The number of nitrogens with two attached hydrogens (primary N) is 1. The first-order valence-corrected chi connectivity index (χ1v) is 13.0. The smallest absolute Gasteiger partial charge is 0.306 e. The molecule has 204 valence electrons. The fraction of sp³-hybridized carbons (Fsp3) is 0.750. The summed E-state index contributed by atoms with van der Waals surface area (Å²) in [4.78, 5) is 53.8. The molecule has 3 fully saturated rings. The molecule has 0 spiro atoms. The minimum Gasteiger partial charge on any atom is -0.481 e. The van der Waals surface area contributed by atoms with Crippen molar-refractivity contribution >= 4 is 29.3 Å². The highest BCUT2D eigenvalue weighted by molar-refractivity contribution is 6.08. The van der Waals surface area contributed by atoms with E-state index in [4.69, 9.17) is 15.9 Å². The van der Waals surface area contributed by atoms with E-state index in [0.29, 0.717) is 31.0 Å². The maximum absolute atomic E-state index is 11.4. The number of ketones is 3. The van der Waals surface area contributed by atoms with Crippen LogP contribution in [0.3, 0.4) is 0 Å². The predicted octanol–water partition coefficient (Wildman–Crippen LogP) is 4.73. The van der Waals surface area contributed by atoms with Crippen LogP contribution >= 0.6 is 0 Å². The van der Waals surface area contributed by atoms with Crippen molar-refractivity contribution in [1.82, 2.24) is 0 Å². The van der Waals surface area contributed by atoms with E-state index in [1.807, 2.05) is 6.92 Å². The maximum atomic E-state index is 11.4. The van der Waals surface area contributed by atoms with Gasteiger partial charge >= 0.3 is 11.9 Å². The second kappa shape index (κ2) is 15.0. The number of aliphatic carboxylic acids is 2. The number of carboxylic acids is 2. The molecule has 4 N–H and O–H groups in total. The number of carboxylic acid groups (broad SMARTS) is 2. The van der Waals surface area contributed by atoms with E-state index in [1.165, 1.54) is 5.57 Å². The maximum Gasteiger partial charge on any atom is 0.306 e. The van der Waals surface area contributed by atoms with Gasteiger partial charge in [-0.05, 0) is 89.5 Å². The van der Waals surface area contributed by atoms with Gasteiger partial charge in [0.05, 0.1) is 17.8 Å². The van der Waals surface area contributed by atoms with E-state index in [0.717, 1.165) is 69.8 Å². The van der Waals surface area contributed by atoms with Crippen molar-refractivity contribution in [2.75, 3.05) is 0 Å². The Morgan fingerprint density at radius 3 is 1.56 bits per heavy atom. The number of hydrogen-bond acceptors (Lipinski definition) is 6. The SMILES string of the molecule is C.CC1=C(CC2CCC(C(=O)O)CC2)CCC1=O.CC1C(=O)CCC1=O.NC1CCC(C(=O)O)CC1. The van der Waals surface area contributed by atoms with Crippen molar-refractivity contribution in [2.24, 2.45) is 29.4 Å². The largest absolute Gasteiger partial charge is 0.481 e. The molecule has 0 unspecified atom stereocenters. The second-order valence-electron chi connectivity index (χ2n) is 10.5. The molecule has 4 aliphatic carbocycles. The second-order valence-corrected chi connectivity index (χ2v) is 10.5. The minimum atomic E-state index is -0.660. The molecule has 0 aliphatic heterocycles. The van der Waals surface area contributed by atoms with E-state index >= 15 is 0 Å². The van der Waals surface area contributed by atoms with Gasteiger partial charge in [-0.3, -0.25) is 24.0 Å². The van der Waals surface area contributed by atoms with Crippen LogP contribution in [-0.2, 0) is 24.0 Å². The van der Waals surface area contributed by atoms with Crippen LogP contribution in [0.5, 0.6) is 0 Å². The molecular formula is C28H45NO7. The van der Waals surface area contributed by atoms with E-state index in [9.17, 15) is 24.0 Å². The lowest BCUT2D eigenvalue weighted by atomic mass is 9.79. The molecule has 3 saturated carbocycles. The Balaban J connectivity index is 0.000000291. The summed E-state index contributed by atoms with van der Waals surface area (Å²) in [5.41, 5.74) is 7.91. The van der Waals surface area contributed by atoms with Crippen molar-refractivity contribution in [2.45, 2.75) is 111 Å². The molecule has 0 aromatic heterocycles. The third kappa shape index (κ3) is 9.60. The molecule has 4 rings (SSSR count). The number of allylic oxidation sites excluding steroid dienone is 2. The molecule has 0 atom stereocenters. The lowest BCUT2D eigenvalue weighted by Crippen LogP contribution is -2.29.